The smallest absolute Gasteiger partial charge is 0.273 e. The highest BCUT2D eigenvalue weighted by molar-refractivity contribution is 5.75. The Hall–Kier alpha value is -1.95. The van der Waals surface area contributed by atoms with Crippen molar-refractivity contribution < 1.29 is 9.34 Å². The number of fused-ring (bicyclic) bond motifs is 1. The first kappa shape index (κ1) is 11.2. The summed E-state index contributed by atoms with van der Waals surface area (Å²) in [5.74, 6) is 1.02. The van der Waals surface area contributed by atoms with E-state index in [2.05, 4.69) is 10.3 Å². The fourth-order valence-corrected chi connectivity index (χ4v) is 2.29. The van der Waals surface area contributed by atoms with Gasteiger partial charge in [-0.1, -0.05) is 0 Å². The zero-order valence-electron chi connectivity index (χ0n) is 9.76. The fourth-order valence-electron chi connectivity index (χ4n) is 2.29. The summed E-state index contributed by atoms with van der Waals surface area (Å²) >= 11 is 0. The molecule has 18 heavy (non-hydrogen) atoms. The van der Waals surface area contributed by atoms with Gasteiger partial charge in [-0.25, -0.2) is 4.98 Å². The van der Waals surface area contributed by atoms with Crippen LogP contribution in [0.1, 0.15) is 24.7 Å². The van der Waals surface area contributed by atoms with Gasteiger partial charge in [-0.05, 0) is 32.0 Å². The Balaban J connectivity index is 1.97. The second-order valence-corrected chi connectivity index (χ2v) is 4.49. The van der Waals surface area contributed by atoms with Gasteiger partial charge in [0.25, 0.3) is 5.69 Å². The number of non-ortho nitro benzene ring substituents is 1. The lowest BCUT2D eigenvalue weighted by atomic mass is 9.98. The molecule has 2 aromatic rings. The van der Waals surface area contributed by atoms with E-state index in [1.807, 2.05) is 0 Å². The molecule has 1 fully saturated rings. The Labute approximate surface area is 103 Å². The van der Waals surface area contributed by atoms with Gasteiger partial charge in [0, 0.05) is 12.0 Å². The summed E-state index contributed by atoms with van der Waals surface area (Å²) in [7, 11) is 0. The minimum atomic E-state index is -0.424. The van der Waals surface area contributed by atoms with Crippen LogP contribution in [-0.2, 0) is 0 Å². The molecule has 0 saturated carbocycles. The molecule has 0 spiro atoms. The molecule has 1 N–H and O–H groups in total. The van der Waals surface area contributed by atoms with Crippen LogP contribution >= 0.6 is 0 Å². The van der Waals surface area contributed by atoms with E-state index < -0.39 is 4.92 Å². The van der Waals surface area contributed by atoms with Crippen LogP contribution in [-0.4, -0.2) is 23.0 Å². The quantitative estimate of drug-likeness (QED) is 0.650. The molecule has 3 rings (SSSR count). The van der Waals surface area contributed by atoms with Crippen LogP contribution in [0.2, 0.25) is 0 Å². The molecular formula is C12H13N3O3. The maximum atomic E-state index is 10.7. The van der Waals surface area contributed by atoms with Gasteiger partial charge >= 0.3 is 0 Å². The number of piperidine rings is 1. The lowest BCUT2D eigenvalue weighted by Gasteiger charge is -2.19. The van der Waals surface area contributed by atoms with Crippen LogP contribution in [0.15, 0.2) is 22.6 Å². The lowest BCUT2D eigenvalue weighted by Crippen LogP contribution is -2.26. The number of rotatable bonds is 2. The Bertz CT molecular complexity index is 587. The summed E-state index contributed by atoms with van der Waals surface area (Å²) in [5, 5.41) is 14.0. The number of oxazole rings is 1. The van der Waals surface area contributed by atoms with Crippen molar-refractivity contribution in [2.45, 2.75) is 18.8 Å². The van der Waals surface area contributed by atoms with Gasteiger partial charge in [-0.2, -0.15) is 0 Å². The normalized spacial score (nSPS) is 17.1. The molecule has 1 aromatic carbocycles. The van der Waals surface area contributed by atoms with Crippen molar-refractivity contribution in [1.82, 2.24) is 10.3 Å². The topological polar surface area (TPSA) is 81.2 Å². The van der Waals surface area contributed by atoms with Gasteiger partial charge in [0.15, 0.2) is 11.5 Å². The van der Waals surface area contributed by atoms with Gasteiger partial charge < -0.3 is 9.73 Å². The first-order valence-corrected chi connectivity index (χ1v) is 5.99. The summed E-state index contributed by atoms with van der Waals surface area (Å²) in [6.45, 7) is 1.92. The van der Waals surface area contributed by atoms with Crippen LogP contribution in [0, 0.1) is 10.1 Å². The number of nitro benzene ring substituents is 1. The van der Waals surface area contributed by atoms with Crippen LogP contribution in [0.5, 0.6) is 0 Å². The second-order valence-electron chi connectivity index (χ2n) is 4.49. The van der Waals surface area contributed by atoms with Crippen molar-refractivity contribution in [1.29, 1.82) is 0 Å². The molecule has 1 aliphatic heterocycles. The summed E-state index contributed by atoms with van der Waals surface area (Å²) in [6, 6.07) is 4.53. The minimum absolute atomic E-state index is 0.0375. The fraction of sp³-hybridized carbons (Fsp3) is 0.417. The zero-order valence-corrected chi connectivity index (χ0v) is 9.76. The molecule has 1 aliphatic rings. The van der Waals surface area contributed by atoms with Crippen LogP contribution in [0.4, 0.5) is 5.69 Å². The molecule has 1 aromatic heterocycles. The molecule has 0 radical (unpaired) electrons. The molecule has 94 valence electrons. The molecule has 0 aliphatic carbocycles. The number of hydrogen-bond acceptors (Lipinski definition) is 5. The predicted molar refractivity (Wildman–Crippen MR) is 65.5 cm³/mol. The number of nitrogens with one attached hydrogen (secondary N) is 1. The van der Waals surface area contributed by atoms with Gasteiger partial charge in [0.05, 0.1) is 11.0 Å². The van der Waals surface area contributed by atoms with E-state index >= 15 is 0 Å². The molecule has 6 nitrogen and oxygen atoms in total. The number of benzene rings is 1. The third-order valence-electron chi connectivity index (χ3n) is 3.29. The van der Waals surface area contributed by atoms with Gasteiger partial charge in [0.1, 0.15) is 5.52 Å². The van der Waals surface area contributed by atoms with Gasteiger partial charge in [0.2, 0.25) is 0 Å². The molecule has 2 heterocycles. The molecule has 0 atom stereocenters. The predicted octanol–water partition coefficient (Wildman–Crippen LogP) is 2.20. The molecule has 0 bridgehead atoms. The maximum absolute atomic E-state index is 10.7. The molecule has 0 amide bonds. The highest BCUT2D eigenvalue weighted by atomic mass is 16.6. The molecular weight excluding hydrogens is 234 g/mol. The highest BCUT2D eigenvalue weighted by Gasteiger charge is 2.21. The van der Waals surface area contributed by atoms with Crippen molar-refractivity contribution in [3.63, 3.8) is 0 Å². The third kappa shape index (κ3) is 1.95. The summed E-state index contributed by atoms with van der Waals surface area (Å²) < 4.78 is 5.65. The van der Waals surface area contributed by atoms with Crippen LogP contribution < -0.4 is 5.32 Å². The molecule has 6 heteroatoms. The van der Waals surface area contributed by atoms with Gasteiger partial charge in [-0.3, -0.25) is 10.1 Å². The van der Waals surface area contributed by atoms with Crippen molar-refractivity contribution in [3.05, 3.63) is 34.2 Å². The third-order valence-corrected chi connectivity index (χ3v) is 3.29. The van der Waals surface area contributed by atoms with E-state index in [-0.39, 0.29) is 5.69 Å². The lowest BCUT2D eigenvalue weighted by molar-refractivity contribution is -0.384. The highest BCUT2D eigenvalue weighted by Crippen LogP contribution is 2.29. The van der Waals surface area contributed by atoms with Crippen molar-refractivity contribution in [2.75, 3.05) is 13.1 Å². The monoisotopic (exact) mass is 247 g/mol. The van der Waals surface area contributed by atoms with E-state index in [1.165, 1.54) is 12.1 Å². The Morgan fingerprint density at radius 2 is 2.17 bits per heavy atom. The summed E-state index contributed by atoms with van der Waals surface area (Å²) in [4.78, 5) is 14.7. The van der Waals surface area contributed by atoms with E-state index in [9.17, 15) is 10.1 Å². The maximum Gasteiger partial charge on any atom is 0.273 e. The van der Waals surface area contributed by atoms with Gasteiger partial charge in [-0.15, -0.1) is 0 Å². The van der Waals surface area contributed by atoms with E-state index in [0.29, 0.717) is 22.9 Å². The van der Waals surface area contributed by atoms with Crippen molar-refractivity contribution in [2.24, 2.45) is 0 Å². The van der Waals surface area contributed by atoms with E-state index in [0.717, 1.165) is 25.9 Å². The second kappa shape index (κ2) is 4.38. The number of aromatic nitrogens is 1. The Kier molecular flexibility index (Phi) is 2.71. The van der Waals surface area contributed by atoms with Crippen molar-refractivity contribution in [3.8, 4) is 0 Å². The van der Waals surface area contributed by atoms with E-state index in [4.69, 9.17) is 4.42 Å². The minimum Gasteiger partial charge on any atom is -0.440 e. The average Bonchev–Trinajstić information content (AvgIpc) is 2.82. The Morgan fingerprint density at radius 1 is 1.39 bits per heavy atom. The number of nitrogens with zero attached hydrogens (tertiary/aromatic N) is 2. The SMILES string of the molecule is O=[N+]([O-])c1ccc2nc(C3CCNCC3)oc2c1. The number of hydrogen-bond donors (Lipinski definition) is 1. The standard InChI is InChI=1S/C12H13N3O3/c16-15(17)9-1-2-10-11(7-9)18-12(14-10)8-3-5-13-6-4-8/h1-2,7-8,13H,3-6H2. The number of nitro groups is 1. The largest absolute Gasteiger partial charge is 0.440 e. The first-order valence-electron chi connectivity index (χ1n) is 5.99. The molecule has 1 saturated heterocycles. The van der Waals surface area contributed by atoms with Crippen molar-refractivity contribution >= 4 is 16.8 Å². The molecule has 0 unspecified atom stereocenters. The zero-order chi connectivity index (χ0) is 12.5. The van der Waals surface area contributed by atoms with Crippen LogP contribution in [0.3, 0.4) is 0 Å². The summed E-state index contributed by atoms with van der Waals surface area (Å²) in [6.07, 6.45) is 1.99. The average molecular weight is 247 g/mol. The van der Waals surface area contributed by atoms with E-state index in [1.54, 1.807) is 6.07 Å². The Morgan fingerprint density at radius 3 is 2.89 bits per heavy atom. The van der Waals surface area contributed by atoms with Crippen LogP contribution in [0.25, 0.3) is 11.1 Å². The first-order chi connectivity index (χ1) is 8.74. The summed E-state index contributed by atoms with van der Waals surface area (Å²) in [5.41, 5.74) is 1.22.